The molecule has 2 rings (SSSR count). The molecule has 0 spiro atoms. The van der Waals surface area contributed by atoms with Crippen molar-refractivity contribution in [2.45, 2.75) is 25.3 Å². The third kappa shape index (κ3) is 4.44. The monoisotopic (exact) mass is 382 g/mol. The number of amides is 1. The van der Waals surface area contributed by atoms with E-state index in [1.807, 2.05) is 0 Å². The number of benzene rings is 2. The van der Waals surface area contributed by atoms with Crippen LogP contribution in [-0.2, 0) is 16.6 Å². The van der Waals surface area contributed by atoms with E-state index in [9.17, 15) is 22.0 Å². The fourth-order valence-corrected chi connectivity index (χ4v) is 3.90. The van der Waals surface area contributed by atoms with Crippen molar-refractivity contribution in [2.75, 3.05) is 13.1 Å². The molecule has 0 saturated heterocycles. The molecule has 1 N–H and O–H groups in total. The summed E-state index contributed by atoms with van der Waals surface area (Å²) in [6.07, 6.45) is 0. The van der Waals surface area contributed by atoms with Crippen LogP contribution in [0, 0.1) is 11.6 Å². The van der Waals surface area contributed by atoms with Crippen LogP contribution in [0.3, 0.4) is 0 Å². The van der Waals surface area contributed by atoms with E-state index >= 15 is 0 Å². The van der Waals surface area contributed by atoms with Crippen LogP contribution in [-0.4, -0.2) is 31.7 Å². The number of rotatable bonds is 7. The first-order valence-corrected chi connectivity index (χ1v) is 9.56. The quantitative estimate of drug-likeness (QED) is 0.801. The summed E-state index contributed by atoms with van der Waals surface area (Å²) in [4.78, 5) is 12.1. The van der Waals surface area contributed by atoms with Crippen LogP contribution in [0.15, 0.2) is 47.4 Å². The molecule has 0 aromatic heterocycles. The molecule has 2 aromatic carbocycles. The van der Waals surface area contributed by atoms with Gasteiger partial charge in [-0.25, -0.2) is 17.2 Å². The van der Waals surface area contributed by atoms with Gasteiger partial charge in [-0.05, 0) is 35.9 Å². The third-order valence-corrected chi connectivity index (χ3v) is 5.96. The third-order valence-electron chi connectivity index (χ3n) is 3.89. The van der Waals surface area contributed by atoms with Crippen LogP contribution in [0.5, 0.6) is 0 Å². The molecule has 8 heteroatoms. The number of carbonyl (C=O) groups excluding carboxylic acids is 1. The molecule has 0 aliphatic heterocycles. The number of hydrogen-bond donors (Lipinski definition) is 1. The lowest BCUT2D eigenvalue weighted by atomic mass is 10.1. The van der Waals surface area contributed by atoms with Gasteiger partial charge in [0.25, 0.3) is 5.91 Å². The molecule has 0 bridgehead atoms. The predicted molar refractivity (Wildman–Crippen MR) is 94.1 cm³/mol. The van der Waals surface area contributed by atoms with E-state index in [0.717, 1.165) is 18.2 Å². The van der Waals surface area contributed by atoms with Crippen molar-refractivity contribution in [2.24, 2.45) is 0 Å². The molecule has 0 heterocycles. The van der Waals surface area contributed by atoms with Gasteiger partial charge in [0.05, 0.1) is 10.5 Å². The minimum absolute atomic E-state index is 0.0559. The van der Waals surface area contributed by atoms with Crippen molar-refractivity contribution in [3.8, 4) is 0 Å². The Morgan fingerprint density at radius 3 is 2.23 bits per heavy atom. The van der Waals surface area contributed by atoms with Gasteiger partial charge in [0.15, 0.2) is 0 Å². The van der Waals surface area contributed by atoms with Crippen molar-refractivity contribution < 1.29 is 22.0 Å². The average Bonchev–Trinajstić information content (AvgIpc) is 2.63. The van der Waals surface area contributed by atoms with Gasteiger partial charge in [-0.2, -0.15) is 4.31 Å². The van der Waals surface area contributed by atoms with Crippen LogP contribution < -0.4 is 5.32 Å². The van der Waals surface area contributed by atoms with Crippen molar-refractivity contribution in [3.63, 3.8) is 0 Å². The SMILES string of the molecule is CCN(CC)S(=O)(=O)c1ccc(CNC(=O)c2cc(F)ccc2F)cc1. The summed E-state index contributed by atoms with van der Waals surface area (Å²) in [5.74, 6) is -2.27. The highest BCUT2D eigenvalue weighted by Gasteiger charge is 2.21. The Labute approximate surface area is 151 Å². The maximum Gasteiger partial charge on any atom is 0.254 e. The molecule has 0 radical (unpaired) electrons. The van der Waals surface area contributed by atoms with Crippen molar-refractivity contribution >= 4 is 15.9 Å². The van der Waals surface area contributed by atoms with E-state index in [1.54, 1.807) is 26.0 Å². The molecule has 5 nitrogen and oxygen atoms in total. The Bertz CT molecular complexity index is 880. The zero-order chi connectivity index (χ0) is 19.3. The summed E-state index contributed by atoms with van der Waals surface area (Å²) in [5, 5.41) is 2.48. The summed E-state index contributed by atoms with van der Waals surface area (Å²) in [5.41, 5.74) is 0.249. The largest absolute Gasteiger partial charge is 0.348 e. The fraction of sp³-hybridized carbons (Fsp3) is 0.278. The molecule has 0 unspecified atom stereocenters. The number of carbonyl (C=O) groups is 1. The molecule has 0 atom stereocenters. The van der Waals surface area contributed by atoms with Gasteiger partial charge in [0, 0.05) is 19.6 Å². The molecule has 140 valence electrons. The molecule has 26 heavy (non-hydrogen) atoms. The summed E-state index contributed by atoms with van der Waals surface area (Å²) < 4.78 is 52.9. The van der Waals surface area contributed by atoms with Crippen LogP contribution in [0.4, 0.5) is 8.78 Å². The first kappa shape index (κ1) is 20.0. The Balaban J connectivity index is 2.08. The predicted octanol–water partition coefficient (Wildman–Crippen LogP) is 2.93. The van der Waals surface area contributed by atoms with E-state index < -0.39 is 27.6 Å². The Morgan fingerprint density at radius 2 is 1.65 bits per heavy atom. The fourth-order valence-electron chi connectivity index (χ4n) is 2.44. The number of hydrogen-bond acceptors (Lipinski definition) is 3. The van der Waals surface area contributed by atoms with E-state index in [4.69, 9.17) is 0 Å². The van der Waals surface area contributed by atoms with Crippen molar-refractivity contribution in [1.29, 1.82) is 0 Å². The van der Waals surface area contributed by atoms with Crippen molar-refractivity contribution in [3.05, 3.63) is 65.2 Å². The topological polar surface area (TPSA) is 66.5 Å². The van der Waals surface area contributed by atoms with Gasteiger partial charge in [0.1, 0.15) is 11.6 Å². The van der Waals surface area contributed by atoms with E-state index in [2.05, 4.69) is 5.32 Å². The first-order valence-electron chi connectivity index (χ1n) is 8.12. The minimum Gasteiger partial charge on any atom is -0.348 e. The second-order valence-corrected chi connectivity index (χ2v) is 7.48. The summed E-state index contributed by atoms with van der Waals surface area (Å²) >= 11 is 0. The highest BCUT2D eigenvalue weighted by Crippen LogP contribution is 2.16. The highest BCUT2D eigenvalue weighted by molar-refractivity contribution is 7.89. The highest BCUT2D eigenvalue weighted by atomic mass is 32.2. The van der Waals surface area contributed by atoms with Crippen LogP contribution >= 0.6 is 0 Å². The summed E-state index contributed by atoms with van der Waals surface area (Å²) in [6, 6.07) is 8.69. The van der Waals surface area contributed by atoms with Crippen LogP contribution in [0.1, 0.15) is 29.8 Å². The molecule has 0 aliphatic carbocycles. The molecular weight excluding hydrogens is 362 g/mol. The van der Waals surface area contributed by atoms with Gasteiger partial charge in [-0.3, -0.25) is 4.79 Å². The van der Waals surface area contributed by atoms with Gasteiger partial charge < -0.3 is 5.32 Å². The first-order chi connectivity index (χ1) is 12.3. The standard InChI is InChI=1S/C18H20F2N2O3S/c1-3-22(4-2)26(24,25)15-8-5-13(6-9-15)12-21-18(23)16-11-14(19)7-10-17(16)20/h5-11H,3-4,12H2,1-2H3,(H,21,23). The van der Waals surface area contributed by atoms with Gasteiger partial charge in [-0.15, -0.1) is 0 Å². The number of halogens is 2. The molecule has 0 saturated carbocycles. The van der Waals surface area contributed by atoms with E-state index in [0.29, 0.717) is 18.7 Å². The Hall–Kier alpha value is -2.32. The lowest BCUT2D eigenvalue weighted by Gasteiger charge is -2.18. The number of sulfonamides is 1. The van der Waals surface area contributed by atoms with Crippen molar-refractivity contribution in [1.82, 2.24) is 9.62 Å². The smallest absolute Gasteiger partial charge is 0.254 e. The molecular formula is C18H20F2N2O3S. The summed E-state index contributed by atoms with van der Waals surface area (Å²) in [7, 11) is -3.55. The number of nitrogens with one attached hydrogen (secondary N) is 1. The molecule has 1 amide bonds. The maximum absolute atomic E-state index is 13.6. The zero-order valence-corrected chi connectivity index (χ0v) is 15.3. The maximum atomic E-state index is 13.6. The number of nitrogens with zero attached hydrogens (tertiary/aromatic N) is 1. The van der Waals surface area contributed by atoms with Gasteiger partial charge in [0.2, 0.25) is 10.0 Å². The second kappa shape index (κ2) is 8.37. The zero-order valence-electron chi connectivity index (χ0n) is 14.5. The Kier molecular flexibility index (Phi) is 6.44. The van der Waals surface area contributed by atoms with Crippen LogP contribution in [0.25, 0.3) is 0 Å². The lowest BCUT2D eigenvalue weighted by Crippen LogP contribution is -2.30. The second-order valence-electron chi connectivity index (χ2n) is 5.54. The van der Waals surface area contributed by atoms with Crippen LogP contribution in [0.2, 0.25) is 0 Å². The Morgan fingerprint density at radius 1 is 1.04 bits per heavy atom. The normalized spacial score (nSPS) is 11.6. The summed E-state index contributed by atoms with van der Waals surface area (Å²) in [6.45, 7) is 4.32. The molecule has 0 fully saturated rings. The van der Waals surface area contributed by atoms with Gasteiger partial charge in [-0.1, -0.05) is 26.0 Å². The lowest BCUT2D eigenvalue weighted by molar-refractivity contribution is 0.0946. The molecule has 2 aromatic rings. The van der Waals surface area contributed by atoms with E-state index in [1.165, 1.54) is 16.4 Å². The average molecular weight is 382 g/mol. The minimum atomic E-state index is -3.55. The molecule has 0 aliphatic rings. The van der Waals surface area contributed by atoms with E-state index in [-0.39, 0.29) is 17.0 Å². The van der Waals surface area contributed by atoms with Gasteiger partial charge >= 0.3 is 0 Å².